The Hall–Kier alpha value is -0.750. The minimum Gasteiger partial charge on any atom is -0.300 e. The van der Waals surface area contributed by atoms with Gasteiger partial charge in [-0.1, -0.05) is 0 Å². The Morgan fingerprint density at radius 3 is 1.08 bits per heavy atom. The summed E-state index contributed by atoms with van der Waals surface area (Å²) < 4.78 is 65.0. The van der Waals surface area contributed by atoms with Crippen LogP contribution in [0.1, 0.15) is 20.3 Å². The fraction of sp³-hybridized carbons (Fsp3) is 0.833. The average Bonchev–Trinajstić information content (AvgIpc) is 1.47. The zero-order chi connectivity index (χ0) is 11.3. The highest BCUT2D eigenvalue weighted by molar-refractivity contribution is 5.72. The van der Waals surface area contributed by atoms with E-state index in [0.717, 1.165) is 0 Å². The smallest absolute Gasteiger partial charge is 0.300 e. The van der Waals surface area contributed by atoms with Gasteiger partial charge < -0.3 is 4.79 Å². The van der Waals surface area contributed by atoms with Crippen molar-refractivity contribution >= 4 is 5.78 Å². The lowest BCUT2D eigenvalue weighted by Crippen LogP contribution is -2.20. The van der Waals surface area contributed by atoms with E-state index in [9.17, 15) is 31.1 Å². The number of halogens is 6. The topological polar surface area (TPSA) is 17.1 Å². The molecule has 0 saturated heterocycles. The number of Topliss-reactive ketones (excluding diaryl/α,β-unsaturated/α-hetero) is 1. The molecule has 1 nitrogen and oxygen atoms in total. The van der Waals surface area contributed by atoms with Gasteiger partial charge >= 0.3 is 12.4 Å². The first-order valence-corrected chi connectivity index (χ1v) is 3.05. The molecule has 0 aromatic rings. The van der Waals surface area contributed by atoms with Gasteiger partial charge in [0.1, 0.15) is 12.2 Å². The lowest BCUT2D eigenvalue weighted by atomic mass is 10.4. The molecule has 0 aromatic carbocycles. The lowest BCUT2D eigenvalue weighted by molar-refractivity contribution is -0.232. The van der Waals surface area contributed by atoms with E-state index in [-0.39, 0.29) is 5.78 Å². The number of hydrogen-bond acceptors (Lipinski definition) is 1. The third-order valence-electron chi connectivity index (χ3n) is 0.401. The van der Waals surface area contributed by atoms with Gasteiger partial charge in [0.25, 0.3) is 0 Å². The summed E-state index contributed by atoms with van der Waals surface area (Å²) in [5.74, 6) is 0.167. The van der Waals surface area contributed by atoms with Crippen LogP contribution in [0, 0.1) is 0 Å². The molecule has 0 rings (SSSR count). The van der Waals surface area contributed by atoms with Crippen LogP contribution in [-0.4, -0.2) is 18.1 Å². The van der Waals surface area contributed by atoms with E-state index in [2.05, 4.69) is 0 Å². The third-order valence-corrected chi connectivity index (χ3v) is 0.401. The van der Waals surface area contributed by atoms with Crippen molar-refractivity contribution < 1.29 is 31.1 Å². The van der Waals surface area contributed by atoms with Gasteiger partial charge in [0, 0.05) is 0 Å². The number of ketones is 1. The summed E-state index contributed by atoms with van der Waals surface area (Å²) in [6.45, 7) is 3.06. The molecular formula is C6H8F6O. The van der Waals surface area contributed by atoms with Gasteiger partial charge in [-0.3, -0.25) is 0 Å². The second-order valence-electron chi connectivity index (χ2n) is 2.32. The first-order chi connectivity index (χ1) is 5.44. The second kappa shape index (κ2) is 5.08. The van der Waals surface area contributed by atoms with Gasteiger partial charge in [-0.2, -0.15) is 26.3 Å². The highest BCUT2D eigenvalue weighted by atomic mass is 19.4. The first kappa shape index (κ1) is 14.8. The molecule has 7 heteroatoms. The largest absolute Gasteiger partial charge is 0.397 e. The highest BCUT2D eigenvalue weighted by Gasteiger charge is 2.43. The van der Waals surface area contributed by atoms with Crippen LogP contribution in [0.3, 0.4) is 0 Å². The van der Waals surface area contributed by atoms with Crippen LogP contribution >= 0.6 is 0 Å². The second-order valence-corrected chi connectivity index (χ2v) is 2.32. The maximum Gasteiger partial charge on any atom is 0.397 e. The minimum absolute atomic E-state index is 0.167. The summed E-state index contributed by atoms with van der Waals surface area (Å²) in [6.07, 6.45) is -13.0. The van der Waals surface area contributed by atoms with Crippen LogP contribution in [-0.2, 0) is 4.79 Å². The molecule has 0 N–H and O–H groups in total. The molecule has 0 amide bonds. The molecule has 0 heterocycles. The summed E-state index contributed by atoms with van der Waals surface area (Å²) in [6, 6.07) is 0. The maximum absolute atomic E-state index is 10.8. The van der Waals surface area contributed by atoms with Crippen LogP contribution in [0.15, 0.2) is 0 Å². The number of carbonyl (C=O) groups excluding carboxylic acids is 1. The Bertz CT molecular complexity index is 139. The summed E-state index contributed by atoms with van der Waals surface area (Å²) in [7, 11) is 0. The molecule has 0 aliphatic carbocycles. The zero-order valence-corrected chi connectivity index (χ0v) is 6.88. The number of hydrogen-bond donors (Lipinski definition) is 0. The van der Waals surface area contributed by atoms with E-state index in [1.54, 1.807) is 0 Å². The Balaban J connectivity index is 0. The quantitative estimate of drug-likeness (QED) is 0.561. The summed E-state index contributed by atoms with van der Waals surface area (Å²) in [4.78, 5) is 9.44. The van der Waals surface area contributed by atoms with Crippen molar-refractivity contribution in [2.24, 2.45) is 0 Å². The van der Waals surface area contributed by atoms with Crippen LogP contribution < -0.4 is 0 Å². The standard InChI is InChI=1S/C3H2F6.C3H6O/c4-2(5,6)1-3(7,8)9;1-3(2)4/h1H2;1-2H3. The lowest BCUT2D eigenvalue weighted by Gasteiger charge is -2.08. The van der Waals surface area contributed by atoms with Crippen molar-refractivity contribution in [2.75, 3.05) is 0 Å². The third kappa shape index (κ3) is 34.9. The van der Waals surface area contributed by atoms with E-state index in [1.807, 2.05) is 0 Å². The molecule has 0 atom stereocenters. The maximum atomic E-state index is 10.8. The van der Waals surface area contributed by atoms with E-state index in [1.165, 1.54) is 13.8 Å². The van der Waals surface area contributed by atoms with Crippen molar-refractivity contribution in [2.45, 2.75) is 32.6 Å². The van der Waals surface area contributed by atoms with E-state index < -0.39 is 18.8 Å². The summed E-state index contributed by atoms with van der Waals surface area (Å²) in [5, 5.41) is 0. The van der Waals surface area contributed by atoms with Crippen molar-refractivity contribution in [3.05, 3.63) is 0 Å². The van der Waals surface area contributed by atoms with E-state index >= 15 is 0 Å². The Labute approximate surface area is 70.7 Å². The fourth-order valence-corrected chi connectivity index (χ4v) is 0.227. The average molecular weight is 210 g/mol. The Morgan fingerprint density at radius 2 is 1.08 bits per heavy atom. The van der Waals surface area contributed by atoms with Crippen LogP contribution in [0.4, 0.5) is 26.3 Å². The van der Waals surface area contributed by atoms with Gasteiger partial charge in [0.2, 0.25) is 0 Å². The monoisotopic (exact) mass is 210 g/mol. The molecule has 0 saturated carbocycles. The van der Waals surface area contributed by atoms with E-state index in [0.29, 0.717) is 0 Å². The van der Waals surface area contributed by atoms with Gasteiger partial charge in [-0.15, -0.1) is 0 Å². The van der Waals surface area contributed by atoms with Crippen LogP contribution in [0.5, 0.6) is 0 Å². The molecule has 0 aliphatic rings. The number of carbonyl (C=O) groups is 1. The van der Waals surface area contributed by atoms with Crippen LogP contribution in [0.25, 0.3) is 0 Å². The summed E-state index contributed by atoms with van der Waals surface area (Å²) >= 11 is 0. The molecule has 13 heavy (non-hydrogen) atoms. The highest BCUT2D eigenvalue weighted by Crippen LogP contribution is 2.31. The van der Waals surface area contributed by atoms with Crippen molar-refractivity contribution in [1.82, 2.24) is 0 Å². The van der Waals surface area contributed by atoms with Gasteiger partial charge in [-0.25, -0.2) is 0 Å². The van der Waals surface area contributed by atoms with Gasteiger partial charge in [-0.05, 0) is 13.8 Å². The van der Waals surface area contributed by atoms with Crippen molar-refractivity contribution in [3.8, 4) is 0 Å². The molecule has 0 bridgehead atoms. The SMILES string of the molecule is CC(C)=O.FC(F)(F)CC(F)(F)F. The Morgan fingerprint density at radius 1 is 0.923 bits per heavy atom. The van der Waals surface area contributed by atoms with E-state index in [4.69, 9.17) is 0 Å². The number of rotatable bonds is 0. The van der Waals surface area contributed by atoms with Gasteiger partial charge in [0.15, 0.2) is 0 Å². The fourth-order valence-electron chi connectivity index (χ4n) is 0.227. The molecule has 80 valence electrons. The molecule has 0 unspecified atom stereocenters. The van der Waals surface area contributed by atoms with Gasteiger partial charge in [0.05, 0.1) is 0 Å². The zero-order valence-electron chi connectivity index (χ0n) is 6.88. The predicted molar refractivity (Wildman–Crippen MR) is 33.1 cm³/mol. The molecule has 0 aromatic heterocycles. The molecule has 0 spiro atoms. The van der Waals surface area contributed by atoms with Crippen LogP contribution in [0.2, 0.25) is 0 Å². The molecule has 0 aliphatic heterocycles. The first-order valence-electron chi connectivity index (χ1n) is 3.05. The number of alkyl halides is 6. The summed E-state index contributed by atoms with van der Waals surface area (Å²) in [5.41, 5.74) is 0. The Kier molecular flexibility index (Phi) is 5.77. The predicted octanol–water partition coefficient (Wildman–Crippen LogP) is 3.10. The normalized spacial score (nSPS) is 11.7. The van der Waals surface area contributed by atoms with Crippen molar-refractivity contribution in [3.63, 3.8) is 0 Å². The molecule has 0 radical (unpaired) electrons. The van der Waals surface area contributed by atoms with Crippen molar-refractivity contribution in [1.29, 1.82) is 0 Å². The minimum atomic E-state index is -5.14. The molecule has 0 fully saturated rings. The molecular weight excluding hydrogens is 202 g/mol.